The lowest BCUT2D eigenvalue weighted by Gasteiger charge is -2.06. The van der Waals surface area contributed by atoms with E-state index in [4.69, 9.17) is 0 Å². The second-order valence-electron chi connectivity index (χ2n) is 3.93. The summed E-state index contributed by atoms with van der Waals surface area (Å²) in [5.41, 5.74) is 2.16. The van der Waals surface area contributed by atoms with Gasteiger partial charge in [-0.05, 0) is 13.0 Å². The van der Waals surface area contributed by atoms with Gasteiger partial charge < -0.3 is 5.32 Å². The van der Waals surface area contributed by atoms with E-state index in [9.17, 15) is 20.2 Å². The van der Waals surface area contributed by atoms with Crippen molar-refractivity contribution in [3.05, 3.63) is 54.5 Å². The third-order valence-corrected chi connectivity index (χ3v) is 3.61. The molecule has 0 atom stereocenters. The molecule has 8 nitrogen and oxygen atoms in total. The Kier molecular flexibility index (Phi) is 3.89. The quantitative estimate of drug-likeness (QED) is 0.670. The van der Waals surface area contributed by atoms with E-state index in [0.29, 0.717) is 6.54 Å². The number of nitro benzene ring substituents is 2. The standard InChI is InChI=1S/C11H10N4O4S/c1-7-11(20-6-13-7)5-12-9-3-2-8(14(16)17)4-10(9)15(18)19/h2-4,6,12H,5H2,1H3. The van der Waals surface area contributed by atoms with Crippen molar-refractivity contribution in [3.63, 3.8) is 0 Å². The fraction of sp³-hybridized carbons (Fsp3) is 0.182. The monoisotopic (exact) mass is 294 g/mol. The number of aryl methyl sites for hydroxylation is 1. The van der Waals surface area contributed by atoms with E-state index in [0.717, 1.165) is 16.6 Å². The zero-order chi connectivity index (χ0) is 14.7. The maximum absolute atomic E-state index is 11.0. The van der Waals surface area contributed by atoms with Gasteiger partial charge in [0.1, 0.15) is 5.69 Å². The predicted molar refractivity (Wildman–Crippen MR) is 73.9 cm³/mol. The highest BCUT2D eigenvalue weighted by Gasteiger charge is 2.19. The van der Waals surface area contributed by atoms with E-state index >= 15 is 0 Å². The average molecular weight is 294 g/mol. The normalized spacial score (nSPS) is 10.2. The smallest absolute Gasteiger partial charge is 0.299 e. The van der Waals surface area contributed by atoms with E-state index in [1.165, 1.54) is 23.5 Å². The summed E-state index contributed by atoms with van der Waals surface area (Å²) in [6, 6.07) is 3.52. The number of benzene rings is 1. The number of nitrogens with one attached hydrogen (secondary N) is 1. The number of thiazole rings is 1. The van der Waals surface area contributed by atoms with Crippen LogP contribution >= 0.6 is 11.3 Å². The lowest BCUT2D eigenvalue weighted by molar-refractivity contribution is -0.393. The van der Waals surface area contributed by atoms with Gasteiger partial charge in [0.25, 0.3) is 11.4 Å². The number of hydrogen-bond acceptors (Lipinski definition) is 7. The molecule has 1 aromatic carbocycles. The molecule has 0 spiro atoms. The van der Waals surface area contributed by atoms with E-state index < -0.39 is 9.85 Å². The molecule has 1 heterocycles. The summed E-state index contributed by atoms with van der Waals surface area (Å²) in [7, 11) is 0. The van der Waals surface area contributed by atoms with Crippen LogP contribution in [0.5, 0.6) is 0 Å². The van der Waals surface area contributed by atoms with Gasteiger partial charge in [-0.25, -0.2) is 4.98 Å². The minimum atomic E-state index is -0.663. The minimum absolute atomic E-state index is 0.244. The highest BCUT2D eigenvalue weighted by atomic mass is 32.1. The topological polar surface area (TPSA) is 111 Å². The van der Waals surface area contributed by atoms with Crippen LogP contribution in [0.25, 0.3) is 0 Å². The molecule has 0 aliphatic heterocycles. The van der Waals surface area contributed by atoms with E-state index in [1.54, 1.807) is 5.51 Å². The Hall–Kier alpha value is -2.55. The van der Waals surface area contributed by atoms with Crippen molar-refractivity contribution in [1.29, 1.82) is 0 Å². The average Bonchev–Trinajstić information content (AvgIpc) is 2.81. The molecular weight excluding hydrogens is 284 g/mol. The number of anilines is 1. The molecule has 0 amide bonds. The Balaban J connectivity index is 2.25. The molecule has 1 N–H and O–H groups in total. The fourth-order valence-electron chi connectivity index (χ4n) is 1.61. The molecule has 2 aromatic rings. The van der Waals surface area contributed by atoms with Crippen LogP contribution < -0.4 is 5.32 Å². The molecular formula is C11H10N4O4S. The highest BCUT2D eigenvalue weighted by Crippen LogP contribution is 2.29. The summed E-state index contributed by atoms with van der Waals surface area (Å²) in [6.45, 7) is 2.23. The molecule has 0 aliphatic carbocycles. The molecule has 0 aliphatic rings. The third kappa shape index (κ3) is 2.88. The fourth-order valence-corrected chi connectivity index (χ4v) is 2.32. The first-order valence-electron chi connectivity index (χ1n) is 5.54. The van der Waals surface area contributed by atoms with Crippen LogP contribution in [0.1, 0.15) is 10.6 Å². The van der Waals surface area contributed by atoms with Crippen LogP contribution in [-0.4, -0.2) is 14.8 Å². The molecule has 0 saturated heterocycles. The number of nitro groups is 2. The van der Waals surface area contributed by atoms with Crippen molar-refractivity contribution in [2.45, 2.75) is 13.5 Å². The SMILES string of the molecule is Cc1ncsc1CNc1ccc([N+](=O)[O-])cc1[N+](=O)[O-]. The van der Waals surface area contributed by atoms with E-state index in [2.05, 4.69) is 10.3 Å². The first kappa shape index (κ1) is 13.9. The van der Waals surface area contributed by atoms with E-state index in [1.807, 2.05) is 6.92 Å². The largest absolute Gasteiger partial charge is 0.375 e. The van der Waals surface area contributed by atoms with Gasteiger partial charge in [-0.2, -0.15) is 0 Å². The minimum Gasteiger partial charge on any atom is -0.375 e. The lowest BCUT2D eigenvalue weighted by Crippen LogP contribution is -2.03. The number of rotatable bonds is 5. The summed E-state index contributed by atoms with van der Waals surface area (Å²) in [4.78, 5) is 25.3. The van der Waals surface area contributed by atoms with Crippen molar-refractivity contribution in [1.82, 2.24) is 4.98 Å². The Labute approximate surface area is 117 Å². The first-order chi connectivity index (χ1) is 9.49. The molecule has 9 heteroatoms. The molecule has 0 bridgehead atoms. The molecule has 0 radical (unpaired) electrons. The highest BCUT2D eigenvalue weighted by molar-refractivity contribution is 7.09. The summed E-state index contributed by atoms with van der Waals surface area (Å²) in [5.74, 6) is 0. The van der Waals surface area contributed by atoms with Crippen molar-refractivity contribution < 1.29 is 9.85 Å². The van der Waals surface area contributed by atoms with Gasteiger partial charge in [0.15, 0.2) is 0 Å². The summed E-state index contributed by atoms with van der Waals surface area (Å²) in [5, 5.41) is 24.5. The second kappa shape index (κ2) is 5.61. The van der Waals surface area contributed by atoms with Gasteiger partial charge in [-0.15, -0.1) is 11.3 Å². The Morgan fingerprint density at radius 2 is 2.05 bits per heavy atom. The number of aromatic nitrogens is 1. The van der Waals surface area contributed by atoms with Crippen molar-refractivity contribution >= 4 is 28.4 Å². The van der Waals surface area contributed by atoms with Crippen molar-refractivity contribution in [2.75, 3.05) is 5.32 Å². The Bertz CT molecular complexity index is 670. The van der Waals surface area contributed by atoms with Gasteiger partial charge >= 0.3 is 0 Å². The van der Waals surface area contributed by atoms with Gasteiger partial charge in [0.05, 0.1) is 33.7 Å². The number of nitrogens with zero attached hydrogens (tertiary/aromatic N) is 3. The zero-order valence-corrected chi connectivity index (χ0v) is 11.2. The maximum Gasteiger partial charge on any atom is 0.299 e. The van der Waals surface area contributed by atoms with E-state index in [-0.39, 0.29) is 17.1 Å². The predicted octanol–water partition coefficient (Wildman–Crippen LogP) is 2.88. The summed E-state index contributed by atoms with van der Waals surface area (Å²) in [6.07, 6.45) is 0. The van der Waals surface area contributed by atoms with Crippen LogP contribution in [0.2, 0.25) is 0 Å². The molecule has 0 fully saturated rings. The van der Waals surface area contributed by atoms with Gasteiger partial charge in [-0.1, -0.05) is 0 Å². The Morgan fingerprint density at radius 1 is 1.30 bits per heavy atom. The maximum atomic E-state index is 11.0. The Morgan fingerprint density at radius 3 is 2.60 bits per heavy atom. The molecule has 0 saturated carbocycles. The van der Waals surface area contributed by atoms with Crippen LogP contribution in [0.4, 0.5) is 17.1 Å². The summed E-state index contributed by atoms with van der Waals surface area (Å²) >= 11 is 1.44. The van der Waals surface area contributed by atoms with Gasteiger partial charge in [0.2, 0.25) is 0 Å². The van der Waals surface area contributed by atoms with Crippen LogP contribution in [-0.2, 0) is 6.54 Å². The molecule has 1 aromatic heterocycles. The zero-order valence-electron chi connectivity index (χ0n) is 10.4. The molecule has 104 valence electrons. The lowest BCUT2D eigenvalue weighted by atomic mass is 10.2. The van der Waals surface area contributed by atoms with Gasteiger partial charge in [0, 0.05) is 10.9 Å². The van der Waals surface area contributed by atoms with Crippen LogP contribution in [0.15, 0.2) is 23.7 Å². The molecule has 2 rings (SSSR count). The van der Waals surface area contributed by atoms with Gasteiger partial charge in [-0.3, -0.25) is 20.2 Å². The number of hydrogen-bond donors (Lipinski definition) is 1. The molecule has 20 heavy (non-hydrogen) atoms. The second-order valence-corrected chi connectivity index (χ2v) is 4.87. The van der Waals surface area contributed by atoms with Crippen LogP contribution in [0.3, 0.4) is 0 Å². The third-order valence-electron chi connectivity index (χ3n) is 2.67. The van der Waals surface area contributed by atoms with Crippen LogP contribution in [0, 0.1) is 27.2 Å². The summed E-state index contributed by atoms with van der Waals surface area (Å²) < 4.78 is 0. The number of non-ortho nitro benzene ring substituents is 1. The van der Waals surface area contributed by atoms with Crippen molar-refractivity contribution in [2.24, 2.45) is 0 Å². The molecule has 0 unspecified atom stereocenters. The first-order valence-corrected chi connectivity index (χ1v) is 6.42. The van der Waals surface area contributed by atoms with Crippen molar-refractivity contribution in [3.8, 4) is 0 Å².